The fourth-order valence-electron chi connectivity index (χ4n) is 4.71. The van der Waals surface area contributed by atoms with Gasteiger partial charge in [0, 0.05) is 18.0 Å². The minimum Gasteiger partial charge on any atom is -0.477 e. The molecule has 5 rings (SSSR count). The maximum Gasteiger partial charge on any atom is 0.265 e. The lowest BCUT2D eigenvalue weighted by molar-refractivity contribution is -0.139. The molecule has 8 heteroatoms. The normalized spacial score (nSPS) is 18.4. The Hall–Kier alpha value is -3.39. The van der Waals surface area contributed by atoms with E-state index in [0.717, 1.165) is 48.5 Å². The molecule has 0 bridgehead atoms. The lowest BCUT2D eigenvalue weighted by atomic mass is 10.1. The number of likely N-dealkylation sites (tertiary alicyclic amines) is 1. The molecule has 1 fully saturated rings. The molecule has 35 heavy (non-hydrogen) atoms. The van der Waals surface area contributed by atoms with Gasteiger partial charge < -0.3 is 19.9 Å². The molecule has 0 aliphatic carbocycles. The van der Waals surface area contributed by atoms with Crippen molar-refractivity contribution in [3.8, 4) is 5.75 Å². The summed E-state index contributed by atoms with van der Waals surface area (Å²) in [7, 11) is 0. The first-order chi connectivity index (χ1) is 17.1. The van der Waals surface area contributed by atoms with Crippen LogP contribution in [-0.2, 0) is 9.59 Å². The van der Waals surface area contributed by atoms with E-state index in [1.807, 2.05) is 51.6 Å². The summed E-state index contributed by atoms with van der Waals surface area (Å²) in [6.45, 7) is 1.88. The minimum absolute atomic E-state index is 0.0209. The number of thiophene rings is 1. The summed E-state index contributed by atoms with van der Waals surface area (Å²) in [5, 5.41) is 5.06. The summed E-state index contributed by atoms with van der Waals surface area (Å²) < 4.78 is 19.6. The van der Waals surface area contributed by atoms with E-state index in [4.69, 9.17) is 4.74 Å². The van der Waals surface area contributed by atoms with Gasteiger partial charge in [-0.05, 0) is 60.5 Å². The highest BCUT2D eigenvalue weighted by molar-refractivity contribution is 7.10. The average Bonchev–Trinajstić information content (AvgIpc) is 3.43. The Labute approximate surface area is 208 Å². The van der Waals surface area contributed by atoms with Gasteiger partial charge in [-0.15, -0.1) is 11.3 Å². The predicted molar refractivity (Wildman–Crippen MR) is 134 cm³/mol. The van der Waals surface area contributed by atoms with Crippen LogP contribution < -0.4 is 15.0 Å². The fraction of sp³-hybridized carbons (Fsp3) is 0.333. The zero-order chi connectivity index (χ0) is 24.2. The third-order valence-corrected chi connectivity index (χ3v) is 7.41. The van der Waals surface area contributed by atoms with Gasteiger partial charge in [0.05, 0.1) is 24.8 Å². The van der Waals surface area contributed by atoms with Crippen LogP contribution in [0.25, 0.3) is 0 Å². The maximum atomic E-state index is 13.5. The molecule has 1 aromatic heterocycles. The second-order valence-electron chi connectivity index (χ2n) is 8.91. The first-order valence-electron chi connectivity index (χ1n) is 12.0. The Morgan fingerprint density at radius 2 is 1.80 bits per heavy atom. The van der Waals surface area contributed by atoms with Gasteiger partial charge in [0.15, 0.2) is 6.10 Å². The summed E-state index contributed by atoms with van der Waals surface area (Å²) >= 11 is 1.53. The van der Waals surface area contributed by atoms with Gasteiger partial charge in [-0.25, -0.2) is 4.39 Å². The number of carbonyl (C=O) groups excluding carboxylic acids is 2. The quantitative estimate of drug-likeness (QED) is 0.554. The van der Waals surface area contributed by atoms with E-state index in [-0.39, 0.29) is 30.2 Å². The molecule has 6 nitrogen and oxygen atoms in total. The van der Waals surface area contributed by atoms with Gasteiger partial charge in [0.2, 0.25) is 5.91 Å². The second kappa shape index (κ2) is 10.5. The average molecular weight is 494 g/mol. The number of carbonyl (C=O) groups is 2. The molecule has 2 amide bonds. The molecular weight excluding hydrogens is 465 g/mol. The number of benzene rings is 2. The number of piperidine rings is 1. The maximum absolute atomic E-state index is 13.5. The number of halogens is 1. The van der Waals surface area contributed by atoms with Crippen molar-refractivity contribution < 1.29 is 18.7 Å². The molecule has 0 spiro atoms. The molecular formula is C27H28FN3O3S. The largest absolute Gasteiger partial charge is 0.477 e. The van der Waals surface area contributed by atoms with Gasteiger partial charge in [-0.1, -0.05) is 30.3 Å². The Bertz CT molecular complexity index is 1160. The van der Waals surface area contributed by atoms with Gasteiger partial charge in [0.25, 0.3) is 5.91 Å². The molecule has 2 aliphatic rings. The first kappa shape index (κ1) is 23.4. The predicted octanol–water partition coefficient (Wildman–Crippen LogP) is 4.37. The van der Waals surface area contributed by atoms with Crippen molar-refractivity contribution >= 4 is 28.8 Å². The van der Waals surface area contributed by atoms with Crippen LogP contribution in [0.1, 0.15) is 35.7 Å². The molecule has 2 atom stereocenters. The topological polar surface area (TPSA) is 61.9 Å². The number of para-hydroxylation sites is 2. The highest BCUT2D eigenvalue weighted by Crippen LogP contribution is 2.34. The Kier molecular flexibility index (Phi) is 6.99. The third-order valence-electron chi connectivity index (χ3n) is 6.48. The fourth-order valence-corrected chi connectivity index (χ4v) is 5.52. The van der Waals surface area contributed by atoms with Crippen LogP contribution >= 0.6 is 11.3 Å². The lowest BCUT2D eigenvalue weighted by Gasteiger charge is -2.38. The van der Waals surface area contributed by atoms with Gasteiger partial charge in [-0.2, -0.15) is 0 Å². The van der Waals surface area contributed by atoms with Crippen molar-refractivity contribution in [1.82, 2.24) is 10.2 Å². The van der Waals surface area contributed by atoms with Gasteiger partial charge in [0.1, 0.15) is 11.6 Å². The van der Waals surface area contributed by atoms with E-state index in [0.29, 0.717) is 12.3 Å². The highest BCUT2D eigenvalue weighted by Gasteiger charge is 2.35. The van der Waals surface area contributed by atoms with E-state index in [2.05, 4.69) is 5.32 Å². The summed E-state index contributed by atoms with van der Waals surface area (Å²) in [5.74, 6) is 0.0792. The van der Waals surface area contributed by atoms with Crippen LogP contribution in [0, 0.1) is 5.82 Å². The minimum atomic E-state index is -0.652. The molecule has 0 saturated carbocycles. The van der Waals surface area contributed by atoms with E-state index in [1.165, 1.54) is 23.5 Å². The molecule has 3 aromatic rings. The van der Waals surface area contributed by atoms with Crippen LogP contribution in [-0.4, -0.2) is 49.0 Å². The molecule has 182 valence electrons. The number of nitrogens with one attached hydrogen (secondary N) is 1. The molecule has 2 unspecified atom stereocenters. The molecule has 1 saturated heterocycles. The van der Waals surface area contributed by atoms with E-state index in [9.17, 15) is 14.0 Å². The van der Waals surface area contributed by atoms with Crippen LogP contribution in [0.3, 0.4) is 0 Å². The number of nitrogens with zero attached hydrogens (tertiary/aromatic N) is 2. The number of rotatable bonds is 6. The van der Waals surface area contributed by atoms with E-state index >= 15 is 0 Å². The molecule has 1 N–H and O–H groups in total. The second-order valence-corrected chi connectivity index (χ2v) is 9.89. The van der Waals surface area contributed by atoms with Crippen LogP contribution in [0.4, 0.5) is 10.1 Å². The summed E-state index contributed by atoms with van der Waals surface area (Å²) in [6, 6.07) is 17.2. The number of amides is 2. The monoisotopic (exact) mass is 493 g/mol. The number of hydrogen-bond acceptors (Lipinski definition) is 5. The van der Waals surface area contributed by atoms with Crippen molar-refractivity contribution in [3.05, 3.63) is 82.3 Å². The molecule has 2 aliphatic heterocycles. The Morgan fingerprint density at radius 1 is 1.03 bits per heavy atom. The smallest absolute Gasteiger partial charge is 0.265 e. The third kappa shape index (κ3) is 5.32. The SMILES string of the molecule is O=C(CN1CC(C(=O)N2CCCCC2)Oc2ccccc21)NC(c1ccc(F)cc1)c1cccs1. The Balaban J connectivity index is 1.34. The molecule has 2 aromatic carbocycles. The van der Waals surface area contributed by atoms with Crippen LogP contribution in [0.5, 0.6) is 5.75 Å². The highest BCUT2D eigenvalue weighted by atomic mass is 32.1. The summed E-state index contributed by atoms with van der Waals surface area (Å²) in [4.78, 5) is 31.2. The summed E-state index contributed by atoms with van der Waals surface area (Å²) in [5.41, 5.74) is 1.60. The Morgan fingerprint density at radius 3 is 2.54 bits per heavy atom. The van der Waals surface area contributed by atoms with Crippen LogP contribution in [0.2, 0.25) is 0 Å². The van der Waals surface area contributed by atoms with Crippen molar-refractivity contribution in [3.63, 3.8) is 0 Å². The number of hydrogen-bond donors (Lipinski definition) is 1. The van der Waals surface area contributed by atoms with E-state index in [1.54, 1.807) is 12.1 Å². The molecule has 0 radical (unpaired) electrons. The first-order valence-corrected chi connectivity index (χ1v) is 12.8. The van der Waals surface area contributed by atoms with E-state index < -0.39 is 6.10 Å². The lowest BCUT2D eigenvalue weighted by Crippen LogP contribution is -2.53. The van der Waals surface area contributed by atoms with Crippen molar-refractivity contribution in [2.24, 2.45) is 0 Å². The molecule has 3 heterocycles. The summed E-state index contributed by atoms with van der Waals surface area (Å²) in [6.07, 6.45) is 2.51. The van der Waals surface area contributed by atoms with Gasteiger partial charge >= 0.3 is 0 Å². The standard InChI is InChI=1S/C27H28FN3O3S/c28-20-12-10-19(11-13-20)26(24-9-6-16-35-24)29-25(32)18-31-17-23(27(33)30-14-4-1-5-15-30)34-22-8-3-2-7-21(22)31/h2-3,6-13,16,23,26H,1,4-5,14-15,17-18H2,(H,29,32). The number of anilines is 1. The zero-order valence-corrected chi connectivity index (χ0v) is 20.2. The van der Waals surface area contributed by atoms with Crippen molar-refractivity contribution in [2.45, 2.75) is 31.4 Å². The van der Waals surface area contributed by atoms with Crippen molar-refractivity contribution in [2.75, 3.05) is 31.1 Å². The number of fused-ring (bicyclic) bond motifs is 1. The van der Waals surface area contributed by atoms with Gasteiger partial charge in [-0.3, -0.25) is 9.59 Å². The van der Waals surface area contributed by atoms with Crippen molar-refractivity contribution in [1.29, 1.82) is 0 Å². The zero-order valence-electron chi connectivity index (χ0n) is 19.4. The number of ether oxygens (including phenoxy) is 1. The van der Waals surface area contributed by atoms with Crippen LogP contribution in [0.15, 0.2) is 66.0 Å².